The van der Waals surface area contributed by atoms with Gasteiger partial charge in [-0.15, -0.1) is 5.10 Å². The summed E-state index contributed by atoms with van der Waals surface area (Å²) in [6, 6.07) is 2.69. The summed E-state index contributed by atoms with van der Waals surface area (Å²) < 4.78 is 46.7. The van der Waals surface area contributed by atoms with Crippen LogP contribution in [0.1, 0.15) is 49.8 Å². The molecule has 36 heavy (non-hydrogen) atoms. The zero-order valence-electron chi connectivity index (χ0n) is 20.4. The van der Waals surface area contributed by atoms with Crippen molar-refractivity contribution in [3.05, 3.63) is 62.3 Å². The second-order valence-electron chi connectivity index (χ2n) is 7.76. The standard InChI is InChI=1S/C22H21ClF3N5O3.C2H6/c1-3-17-12(2)20(33)31-21(28-19(29-31)13-6-8-34-9-7-13)30(17)11-18(32)27-16-5-4-14(10-15(16)23)22(24,25)26;1-2/h4-6,10H,3,7-9,11H2,1-2H3,(H,27,32);1-2H3. The van der Waals surface area contributed by atoms with Gasteiger partial charge in [0.2, 0.25) is 11.7 Å². The van der Waals surface area contributed by atoms with Crippen molar-refractivity contribution in [1.82, 2.24) is 19.2 Å². The highest BCUT2D eigenvalue weighted by Gasteiger charge is 2.31. The average Bonchev–Trinajstić information content (AvgIpc) is 3.31. The number of aromatic nitrogens is 4. The Bertz CT molecular complexity index is 1360. The minimum absolute atomic E-state index is 0.0426. The van der Waals surface area contributed by atoms with Crippen molar-refractivity contribution in [1.29, 1.82) is 0 Å². The fourth-order valence-corrected chi connectivity index (χ4v) is 4.06. The lowest BCUT2D eigenvalue weighted by Gasteiger charge is -2.16. The summed E-state index contributed by atoms with van der Waals surface area (Å²) >= 11 is 5.97. The molecule has 1 amide bonds. The number of hydrogen-bond donors (Lipinski definition) is 1. The maximum Gasteiger partial charge on any atom is 0.416 e. The molecule has 3 aromatic rings. The fraction of sp³-hybridized carbons (Fsp3) is 0.417. The molecule has 0 unspecified atom stereocenters. The molecule has 0 bridgehead atoms. The van der Waals surface area contributed by atoms with E-state index in [-0.39, 0.29) is 28.6 Å². The van der Waals surface area contributed by atoms with Crippen molar-refractivity contribution >= 4 is 34.5 Å². The number of nitrogens with zero attached hydrogens (tertiary/aromatic N) is 4. The van der Waals surface area contributed by atoms with Crippen LogP contribution in [0.4, 0.5) is 18.9 Å². The monoisotopic (exact) mass is 525 g/mol. The molecule has 12 heteroatoms. The number of carbonyl (C=O) groups is 1. The minimum Gasteiger partial charge on any atom is -0.377 e. The lowest BCUT2D eigenvalue weighted by Crippen LogP contribution is -2.29. The van der Waals surface area contributed by atoms with Gasteiger partial charge >= 0.3 is 6.18 Å². The first-order chi connectivity index (χ1) is 17.1. The van der Waals surface area contributed by atoms with E-state index < -0.39 is 17.6 Å². The van der Waals surface area contributed by atoms with Crippen LogP contribution in [0, 0.1) is 6.92 Å². The van der Waals surface area contributed by atoms with Gasteiger partial charge in [-0.3, -0.25) is 9.59 Å². The highest BCUT2D eigenvalue weighted by molar-refractivity contribution is 6.33. The van der Waals surface area contributed by atoms with Crippen LogP contribution in [0.15, 0.2) is 29.1 Å². The topological polar surface area (TPSA) is 90.5 Å². The van der Waals surface area contributed by atoms with Crippen LogP contribution < -0.4 is 10.9 Å². The van der Waals surface area contributed by atoms with Crippen molar-refractivity contribution in [2.75, 3.05) is 18.5 Å². The van der Waals surface area contributed by atoms with Gasteiger partial charge in [0.1, 0.15) is 6.54 Å². The first-order valence-electron chi connectivity index (χ1n) is 11.5. The molecule has 0 radical (unpaired) electrons. The molecule has 2 aromatic heterocycles. The number of nitrogens with one attached hydrogen (secondary N) is 1. The van der Waals surface area contributed by atoms with Crippen LogP contribution in [-0.2, 0) is 28.7 Å². The summed E-state index contributed by atoms with van der Waals surface area (Å²) in [6.45, 7) is 8.19. The Morgan fingerprint density at radius 2 is 2.00 bits per heavy atom. The van der Waals surface area contributed by atoms with Gasteiger partial charge in [-0.25, -0.2) is 0 Å². The van der Waals surface area contributed by atoms with E-state index in [4.69, 9.17) is 16.3 Å². The smallest absolute Gasteiger partial charge is 0.377 e. The number of ether oxygens (including phenoxy) is 1. The Morgan fingerprint density at radius 3 is 2.58 bits per heavy atom. The normalized spacial score (nSPS) is 13.7. The first-order valence-corrected chi connectivity index (χ1v) is 11.9. The number of halogens is 4. The lowest BCUT2D eigenvalue weighted by molar-refractivity contribution is -0.137. The lowest BCUT2D eigenvalue weighted by atomic mass is 10.1. The molecular formula is C24H27ClF3N5O3. The molecular weight excluding hydrogens is 499 g/mol. The number of rotatable bonds is 5. The Kier molecular flexibility index (Phi) is 8.57. The van der Waals surface area contributed by atoms with Crippen LogP contribution >= 0.6 is 11.6 Å². The third kappa shape index (κ3) is 5.62. The number of carbonyl (C=O) groups excluding carboxylic acids is 1. The third-order valence-electron chi connectivity index (χ3n) is 5.56. The molecule has 0 atom stereocenters. The molecule has 0 saturated carbocycles. The summed E-state index contributed by atoms with van der Waals surface area (Å²) in [5, 5.41) is 6.66. The van der Waals surface area contributed by atoms with Crippen molar-refractivity contribution in [2.45, 2.75) is 53.3 Å². The molecule has 0 spiro atoms. The van der Waals surface area contributed by atoms with E-state index in [1.54, 1.807) is 11.5 Å². The Balaban J connectivity index is 0.00000176. The van der Waals surface area contributed by atoms with E-state index >= 15 is 0 Å². The predicted octanol–water partition coefficient (Wildman–Crippen LogP) is 4.90. The van der Waals surface area contributed by atoms with Gasteiger partial charge in [-0.1, -0.05) is 38.4 Å². The number of benzene rings is 1. The summed E-state index contributed by atoms with van der Waals surface area (Å²) in [6.07, 6.45) is -1.66. The van der Waals surface area contributed by atoms with Gasteiger partial charge < -0.3 is 14.6 Å². The molecule has 3 heterocycles. The van der Waals surface area contributed by atoms with Crippen LogP contribution in [0.3, 0.4) is 0 Å². The van der Waals surface area contributed by atoms with Gasteiger partial charge in [0.05, 0.1) is 29.5 Å². The number of hydrogen-bond acceptors (Lipinski definition) is 5. The summed E-state index contributed by atoms with van der Waals surface area (Å²) in [5.41, 5.74) is 0.665. The maximum atomic E-state index is 12.9. The Hall–Kier alpha value is -3.18. The summed E-state index contributed by atoms with van der Waals surface area (Å²) in [5.74, 6) is 0.0349. The quantitative estimate of drug-likeness (QED) is 0.511. The van der Waals surface area contributed by atoms with E-state index in [1.165, 1.54) is 4.52 Å². The fourth-order valence-electron chi connectivity index (χ4n) is 3.83. The molecule has 0 saturated heterocycles. The first kappa shape index (κ1) is 27.4. The molecule has 1 aliphatic heterocycles. The molecule has 194 valence electrons. The van der Waals surface area contributed by atoms with Crippen LogP contribution in [-0.4, -0.2) is 38.3 Å². The molecule has 0 aliphatic carbocycles. The van der Waals surface area contributed by atoms with Crippen LogP contribution in [0.2, 0.25) is 5.02 Å². The van der Waals surface area contributed by atoms with E-state index in [2.05, 4.69) is 15.4 Å². The van der Waals surface area contributed by atoms with E-state index in [0.29, 0.717) is 43.1 Å². The zero-order valence-corrected chi connectivity index (χ0v) is 21.1. The number of anilines is 1. The highest BCUT2D eigenvalue weighted by atomic mass is 35.5. The predicted molar refractivity (Wildman–Crippen MR) is 131 cm³/mol. The second-order valence-corrected chi connectivity index (χ2v) is 8.17. The summed E-state index contributed by atoms with van der Waals surface area (Å²) in [7, 11) is 0. The minimum atomic E-state index is -4.55. The van der Waals surface area contributed by atoms with E-state index in [1.807, 2.05) is 26.8 Å². The SMILES string of the molecule is CC.CCc1c(C)c(=O)n2nc(C3=CCOCC3)nc2n1CC(=O)Nc1ccc(C(F)(F)F)cc1Cl. The van der Waals surface area contributed by atoms with E-state index in [9.17, 15) is 22.8 Å². The Labute approximate surface area is 210 Å². The van der Waals surface area contributed by atoms with Crippen molar-refractivity contribution in [3.8, 4) is 0 Å². The molecule has 1 aromatic carbocycles. The largest absolute Gasteiger partial charge is 0.416 e. The van der Waals surface area contributed by atoms with Crippen molar-refractivity contribution in [3.63, 3.8) is 0 Å². The van der Waals surface area contributed by atoms with Crippen molar-refractivity contribution < 1.29 is 22.7 Å². The molecule has 1 aliphatic rings. The van der Waals surface area contributed by atoms with Crippen LogP contribution in [0.5, 0.6) is 0 Å². The average molecular weight is 526 g/mol. The number of amides is 1. The highest BCUT2D eigenvalue weighted by Crippen LogP contribution is 2.33. The number of fused-ring (bicyclic) bond motifs is 1. The van der Waals surface area contributed by atoms with Crippen LogP contribution in [0.25, 0.3) is 11.4 Å². The Morgan fingerprint density at radius 1 is 1.28 bits per heavy atom. The van der Waals surface area contributed by atoms with Crippen molar-refractivity contribution in [2.24, 2.45) is 0 Å². The third-order valence-corrected chi connectivity index (χ3v) is 5.87. The van der Waals surface area contributed by atoms with Gasteiger partial charge in [0.15, 0.2) is 5.82 Å². The van der Waals surface area contributed by atoms with E-state index in [0.717, 1.165) is 23.8 Å². The van der Waals surface area contributed by atoms with Gasteiger partial charge in [0, 0.05) is 11.3 Å². The van der Waals surface area contributed by atoms with Gasteiger partial charge in [-0.05, 0) is 43.5 Å². The molecule has 0 fully saturated rings. The zero-order chi connectivity index (χ0) is 26.6. The molecule has 8 nitrogen and oxygen atoms in total. The van der Waals surface area contributed by atoms with Gasteiger partial charge in [-0.2, -0.15) is 22.7 Å². The second kappa shape index (κ2) is 11.3. The molecule has 1 N–H and O–H groups in total. The summed E-state index contributed by atoms with van der Waals surface area (Å²) in [4.78, 5) is 30.3. The maximum absolute atomic E-state index is 12.9. The molecule has 4 rings (SSSR count). The number of alkyl halides is 3. The van der Waals surface area contributed by atoms with Gasteiger partial charge in [0.25, 0.3) is 5.56 Å².